The van der Waals surface area contributed by atoms with Crippen LogP contribution in [0.1, 0.15) is 47.3 Å². The van der Waals surface area contributed by atoms with Gasteiger partial charge < -0.3 is 5.11 Å². The zero-order valence-corrected chi connectivity index (χ0v) is 12.3. The molecule has 19 heavy (non-hydrogen) atoms. The molecule has 5 nitrogen and oxygen atoms in total. The molecule has 1 fully saturated rings. The van der Waals surface area contributed by atoms with Crippen LogP contribution in [0.15, 0.2) is 6.07 Å². The SMILES string of the molecule is Cc1cc(NS(=O)(=O)C2CCCCC2)sc1C(=O)O. The number of hydrogen-bond acceptors (Lipinski definition) is 4. The molecule has 0 amide bonds. The number of nitrogens with one attached hydrogen (secondary N) is 1. The van der Waals surface area contributed by atoms with E-state index in [4.69, 9.17) is 5.11 Å². The number of carbonyl (C=O) groups is 1. The number of aromatic carboxylic acids is 1. The van der Waals surface area contributed by atoms with Crippen molar-refractivity contribution in [2.24, 2.45) is 0 Å². The number of aryl methyl sites for hydroxylation is 1. The van der Waals surface area contributed by atoms with E-state index in [9.17, 15) is 13.2 Å². The first-order chi connectivity index (χ1) is 8.90. The molecule has 0 radical (unpaired) electrons. The minimum Gasteiger partial charge on any atom is -0.477 e. The second kappa shape index (κ2) is 5.50. The summed E-state index contributed by atoms with van der Waals surface area (Å²) in [6.45, 7) is 1.67. The Labute approximate surface area is 116 Å². The zero-order chi connectivity index (χ0) is 14.0. The summed E-state index contributed by atoms with van der Waals surface area (Å²) < 4.78 is 26.9. The minimum atomic E-state index is -3.40. The summed E-state index contributed by atoms with van der Waals surface area (Å²) in [7, 11) is -3.40. The Morgan fingerprint density at radius 1 is 1.37 bits per heavy atom. The van der Waals surface area contributed by atoms with Crippen molar-refractivity contribution in [2.75, 3.05) is 4.72 Å². The fourth-order valence-electron chi connectivity index (χ4n) is 2.34. The Balaban J connectivity index is 2.15. The highest BCUT2D eigenvalue weighted by atomic mass is 32.2. The van der Waals surface area contributed by atoms with Gasteiger partial charge in [0.15, 0.2) is 0 Å². The third kappa shape index (κ3) is 3.27. The number of carboxylic acid groups (broad SMARTS) is 1. The normalized spacial score (nSPS) is 17.3. The molecule has 106 valence electrons. The van der Waals surface area contributed by atoms with E-state index in [0.29, 0.717) is 23.4 Å². The number of anilines is 1. The van der Waals surface area contributed by atoms with Gasteiger partial charge in [-0.05, 0) is 31.4 Å². The molecule has 1 heterocycles. The van der Waals surface area contributed by atoms with Crippen LogP contribution in [0.4, 0.5) is 5.00 Å². The van der Waals surface area contributed by atoms with Gasteiger partial charge in [-0.3, -0.25) is 4.72 Å². The lowest BCUT2D eigenvalue weighted by Crippen LogP contribution is -2.29. The third-order valence-corrected chi connectivity index (χ3v) is 6.47. The maximum absolute atomic E-state index is 12.2. The van der Waals surface area contributed by atoms with Crippen molar-refractivity contribution in [3.8, 4) is 0 Å². The molecule has 0 saturated heterocycles. The second-order valence-electron chi connectivity index (χ2n) is 4.84. The van der Waals surface area contributed by atoms with Crippen LogP contribution in [0.25, 0.3) is 0 Å². The lowest BCUT2D eigenvalue weighted by atomic mass is 10.0. The van der Waals surface area contributed by atoms with E-state index in [2.05, 4.69) is 4.72 Å². The topological polar surface area (TPSA) is 83.5 Å². The second-order valence-corrected chi connectivity index (χ2v) is 7.85. The smallest absolute Gasteiger partial charge is 0.346 e. The summed E-state index contributed by atoms with van der Waals surface area (Å²) in [6, 6.07) is 1.58. The van der Waals surface area contributed by atoms with E-state index >= 15 is 0 Å². The van der Waals surface area contributed by atoms with Gasteiger partial charge in [-0.15, -0.1) is 11.3 Å². The molecule has 2 N–H and O–H groups in total. The van der Waals surface area contributed by atoms with Crippen LogP contribution in [0, 0.1) is 6.92 Å². The monoisotopic (exact) mass is 303 g/mol. The standard InChI is InChI=1S/C12H17NO4S2/c1-8-7-10(18-11(8)12(14)15)13-19(16,17)9-5-3-2-4-6-9/h7,9,13H,2-6H2,1H3,(H,14,15). The molecule has 0 aliphatic heterocycles. The average molecular weight is 303 g/mol. The Hall–Kier alpha value is -1.08. The Bertz CT molecular complexity index is 571. The molecule has 1 saturated carbocycles. The Kier molecular flexibility index (Phi) is 4.15. The molecule has 0 aromatic carbocycles. The lowest BCUT2D eigenvalue weighted by Gasteiger charge is -2.21. The summed E-state index contributed by atoms with van der Waals surface area (Å²) in [4.78, 5) is 11.1. The molecule has 1 aromatic rings. The molecule has 0 bridgehead atoms. The van der Waals surface area contributed by atoms with Crippen LogP contribution in [0.3, 0.4) is 0 Å². The predicted octanol–water partition coefficient (Wildman–Crippen LogP) is 2.83. The number of hydrogen-bond donors (Lipinski definition) is 2. The van der Waals surface area contributed by atoms with E-state index in [1.54, 1.807) is 13.0 Å². The molecule has 1 aliphatic carbocycles. The Morgan fingerprint density at radius 2 is 2.00 bits per heavy atom. The molecule has 0 unspecified atom stereocenters. The van der Waals surface area contributed by atoms with Gasteiger partial charge in [0.25, 0.3) is 0 Å². The van der Waals surface area contributed by atoms with Gasteiger partial charge in [0.05, 0.1) is 5.25 Å². The number of thiophene rings is 1. The van der Waals surface area contributed by atoms with Gasteiger partial charge in [0.1, 0.15) is 9.88 Å². The van der Waals surface area contributed by atoms with Crippen molar-refractivity contribution in [1.29, 1.82) is 0 Å². The number of sulfonamides is 1. The van der Waals surface area contributed by atoms with Gasteiger partial charge in [-0.1, -0.05) is 19.3 Å². The summed E-state index contributed by atoms with van der Waals surface area (Å²) in [5, 5.41) is 9.00. The van der Waals surface area contributed by atoms with Crippen LogP contribution < -0.4 is 4.72 Å². The molecule has 0 atom stereocenters. The van der Waals surface area contributed by atoms with Gasteiger partial charge in [-0.25, -0.2) is 13.2 Å². The fourth-order valence-corrected chi connectivity index (χ4v) is 5.08. The number of carboxylic acids is 1. The molecular formula is C12H17NO4S2. The summed E-state index contributed by atoms with van der Waals surface area (Å²) >= 11 is 0.969. The molecule has 1 aromatic heterocycles. The van der Waals surface area contributed by atoms with Crippen LogP contribution in [0.5, 0.6) is 0 Å². The maximum Gasteiger partial charge on any atom is 0.346 e. The highest BCUT2D eigenvalue weighted by Gasteiger charge is 2.28. The maximum atomic E-state index is 12.2. The quantitative estimate of drug-likeness (QED) is 0.896. The summed E-state index contributed by atoms with van der Waals surface area (Å²) in [5.74, 6) is -1.02. The Morgan fingerprint density at radius 3 is 2.53 bits per heavy atom. The van der Waals surface area contributed by atoms with Crippen molar-refractivity contribution in [2.45, 2.75) is 44.3 Å². The van der Waals surface area contributed by atoms with Crippen LogP contribution in [-0.2, 0) is 10.0 Å². The van der Waals surface area contributed by atoms with Crippen molar-refractivity contribution < 1.29 is 18.3 Å². The molecule has 0 spiro atoms. The molecular weight excluding hydrogens is 286 g/mol. The summed E-state index contributed by atoms with van der Waals surface area (Å²) in [5.41, 5.74) is 0.582. The zero-order valence-electron chi connectivity index (χ0n) is 10.7. The first kappa shape index (κ1) is 14.3. The van der Waals surface area contributed by atoms with Gasteiger partial charge in [0.2, 0.25) is 10.0 Å². The van der Waals surface area contributed by atoms with E-state index in [1.165, 1.54) is 0 Å². The first-order valence-electron chi connectivity index (χ1n) is 6.25. The van der Waals surface area contributed by atoms with E-state index in [1.807, 2.05) is 0 Å². The van der Waals surface area contributed by atoms with E-state index in [0.717, 1.165) is 30.6 Å². The van der Waals surface area contributed by atoms with Crippen LogP contribution in [0.2, 0.25) is 0 Å². The van der Waals surface area contributed by atoms with Gasteiger partial charge >= 0.3 is 5.97 Å². The van der Waals surface area contributed by atoms with Gasteiger partial charge in [0, 0.05) is 0 Å². The van der Waals surface area contributed by atoms with Crippen molar-refractivity contribution >= 4 is 32.3 Å². The fraction of sp³-hybridized carbons (Fsp3) is 0.583. The molecule has 2 rings (SSSR count). The van der Waals surface area contributed by atoms with Crippen molar-refractivity contribution in [3.63, 3.8) is 0 Å². The van der Waals surface area contributed by atoms with Crippen LogP contribution >= 0.6 is 11.3 Å². The minimum absolute atomic E-state index is 0.182. The highest BCUT2D eigenvalue weighted by molar-refractivity contribution is 7.93. The summed E-state index contributed by atoms with van der Waals surface area (Å²) in [6.07, 6.45) is 4.34. The predicted molar refractivity (Wildman–Crippen MR) is 75.4 cm³/mol. The van der Waals surface area contributed by atoms with Crippen molar-refractivity contribution in [3.05, 3.63) is 16.5 Å². The van der Waals surface area contributed by atoms with E-state index in [-0.39, 0.29) is 10.1 Å². The lowest BCUT2D eigenvalue weighted by molar-refractivity contribution is 0.0701. The third-order valence-electron chi connectivity index (χ3n) is 3.35. The van der Waals surface area contributed by atoms with Gasteiger partial charge in [-0.2, -0.15) is 0 Å². The largest absolute Gasteiger partial charge is 0.477 e. The number of rotatable bonds is 4. The molecule has 7 heteroatoms. The van der Waals surface area contributed by atoms with E-state index < -0.39 is 16.0 Å². The van der Waals surface area contributed by atoms with Crippen LogP contribution in [-0.4, -0.2) is 24.7 Å². The highest BCUT2D eigenvalue weighted by Crippen LogP contribution is 2.30. The molecule has 1 aliphatic rings. The van der Waals surface area contributed by atoms with Crippen molar-refractivity contribution in [1.82, 2.24) is 0 Å². The first-order valence-corrected chi connectivity index (χ1v) is 8.62. The average Bonchev–Trinajstić information content (AvgIpc) is 2.71.